The second-order valence-corrected chi connectivity index (χ2v) is 4.93. The first-order valence-corrected chi connectivity index (χ1v) is 6.76. The molecule has 0 radical (unpaired) electrons. The van der Waals surface area contributed by atoms with E-state index in [2.05, 4.69) is 9.97 Å². The van der Waals surface area contributed by atoms with Gasteiger partial charge in [0.15, 0.2) is 0 Å². The molecule has 5 nitrogen and oxygen atoms in total. The molecule has 2 rings (SSSR count). The first-order chi connectivity index (χ1) is 9.54. The molecule has 4 N–H and O–H groups in total. The Balaban J connectivity index is 2.53. The van der Waals surface area contributed by atoms with Crippen LogP contribution in [-0.4, -0.2) is 15.1 Å². The summed E-state index contributed by atoms with van der Waals surface area (Å²) in [6.45, 7) is 1.98. The summed E-state index contributed by atoms with van der Waals surface area (Å²) in [5, 5.41) is 10.4. The summed E-state index contributed by atoms with van der Waals surface area (Å²) in [4.78, 5) is 18.8. The summed E-state index contributed by atoms with van der Waals surface area (Å²) in [5.41, 5.74) is 5.94. The summed E-state index contributed by atoms with van der Waals surface area (Å²) in [5.74, 6) is -0.0754. The quantitative estimate of drug-likeness (QED) is 0.808. The molecule has 0 fully saturated rings. The van der Waals surface area contributed by atoms with Gasteiger partial charge in [-0.3, -0.25) is 4.79 Å². The van der Waals surface area contributed by atoms with Crippen LogP contribution in [0.2, 0.25) is 5.02 Å². The minimum Gasteiger partial charge on any atom is -0.493 e. The van der Waals surface area contributed by atoms with E-state index in [-0.39, 0.29) is 17.3 Å². The first kappa shape index (κ1) is 14.6. The fraction of sp³-hybridized carbons (Fsp3) is 0.286. The van der Waals surface area contributed by atoms with E-state index in [4.69, 9.17) is 17.3 Å². The van der Waals surface area contributed by atoms with Crippen LogP contribution in [0.5, 0.6) is 5.88 Å². The Labute approximate surface area is 121 Å². The number of hydrogen-bond acceptors (Lipinski definition) is 4. The normalized spacial score (nSPS) is 12.3. The van der Waals surface area contributed by atoms with Gasteiger partial charge >= 0.3 is 0 Å². The molecule has 0 aliphatic heterocycles. The number of hydrogen-bond donors (Lipinski definition) is 3. The zero-order valence-electron chi connectivity index (χ0n) is 11.1. The van der Waals surface area contributed by atoms with Gasteiger partial charge in [-0.1, -0.05) is 43.1 Å². The van der Waals surface area contributed by atoms with Crippen LogP contribution in [0.15, 0.2) is 29.1 Å². The number of benzene rings is 1. The lowest BCUT2D eigenvalue weighted by molar-refractivity contribution is 0.444. The van der Waals surface area contributed by atoms with Crippen molar-refractivity contribution >= 4 is 11.6 Å². The monoisotopic (exact) mass is 293 g/mol. The number of rotatable bonds is 4. The third-order valence-corrected chi connectivity index (χ3v) is 3.34. The van der Waals surface area contributed by atoms with Gasteiger partial charge in [0.1, 0.15) is 11.4 Å². The highest BCUT2D eigenvalue weighted by Crippen LogP contribution is 2.30. The molecule has 0 saturated carbocycles. The molecule has 6 heteroatoms. The highest BCUT2D eigenvalue weighted by atomic mass is 35.5. The smallest absolute Gasteiger partial charge is 0.262 e. The van der Waals surface area contributed by atoms with Gasteiger partial charge in [-0.05, 0) is 12.5 Å². The molecule has 0 aliphatic rings. The van der Waals surface area contributed by atoms with E-state index in [0.717, 1.165) is 6.42 Å². The average Bonchev–Trinajstić information content (AvgIpc) is 2.40. The Morgan fingerprint density at radius 2 is 2.15 bits per heavy atom. The van der Waals surface area contributed by atoms with Crippen LogP contribution >= 0.6 is 11.6 Å². The minimum atomic E-state index is -0.452. The Morgan fingerprint density at radius 3 is 2.75 bits per heavy atom. The molecule has 1 heterocycles. The Bertz CT molecular complexity index is 670. The van der Waals surface area contributed by atoms with E-state index < -0.39 is 11.6 Å². The standard InChI is InChI=1S/C14H16ClN3O2/c1-2-5-10(16)12-17-13(19)11(14(20)18-12)8-6-3-4-7-9(8)15/h3-4,6-7,10H,2,5,16H2,1H3,(H2,17,18,19,20). The van der Waals surface area contributed by atoms with Gasteiger partial charge in [0, 0.05) is 10.6 Å². The fourth-order valence-corrected chi connectivity index (χ4v) is 2.24. The number of nitrogens with zero attached hydrogens (tertiary/aromatic N) is 1. The maximum atomic E-state index is 12.2. The molecule has 0 saturated heterocycles. The largest absolute Gasteiger partial charge is 0.493 e. The van der Waals surface area contributed by atoms with Gasteiger partial charge in [-0.15, -0.1) is 0 Å². The predicted octanol–water partition coefficient (Wildman–Crippen LogP) is 2.60. The molecule has 1 aromatic carbocycles. The predicted molar refractivity (Wildman–Crippen MR) is 78.8 cm³/mol. The molecule has 0 aliphatic carbocycles. The molecule has 0 bridgehead atoms. The van der Waals surface area contributed by atoms with Crippen molar-refractivity contribution in [3.8, 4) is 17.0 Å². The zero-order valence-corrected chi connectivity index (χ0v) is 11.8. The van der Waals surface area contributed by atoms with Gasteiger partial charge in [-0.2, -0.15) is 4.98 Å². The molecular weight excluding hydrogens is 278 g/mol. The highest BCUT2D eigenvalue weighted by molar-refractivity contribution is 6.33. The molecule has 20 heavy (non-hydrogen) atoms. The van der Waals surface area contributed by atoms with Crippen LogP contribution in [0.3, 0.4) is 0 Å². The van der Waals surface area contributed by atoms with Gasteiger partial charge < -0.3 is 15.8 Å². The summed E-state index contributed by atoms with van der Waals surface area (Å²) in [7, 11) is 0. The molecule has 0 spiro atoms. The topological polar surface area (TPSA) is 92.0 Å². The van der Waals surface area contributed by atoms with E-state index in [9.17, 15) is 9.90 Å². The van der Waals surface area contributed by atoms with Crippen LogP contribution in [0.1, 0.15) is 31.6 Å². The number of aromatic nitrogens is 2. The van der Waals surface area contributed by atoms with Crippen LogP contribution < -0.4 is 11.3 Å². The maximum Gasteiger partial charge on any atom is 0.262 e. The summed E-state index contributed by atoms with van der Waals surface area (Å²) in [6.07, 6.45) is 1.53. The van der Waals surface area contributed by atoms with Crippen LogP contribution in [0.4, 0.5) is 0 Å². The van der Waals surface area contributed by atoms with Crippen molar-refractivity contribution in [1.29, 1.82) is 0 Å². The molecule has 1 aromatic heterocycles. The first-order valence-electron chi connectivity index (χ1n) is 6.38. The van der Waals surface area contributed by atoms with Crippen LogP contribution in [0.25, 0.3) is 11.1 Å². The highest BCUT2D eigenvalue weighted by Gasteiger charge is 2.17. The lowest BCUT2D eigenvalue weighted by Gasteiger charge is -2.11. The van der Waals surface area contributed by atoms with Crippen molar-refractivity contribution in [3.05, 3.63) is 45.5 Å². The van der Waals surface area contributed by atoms with Gasteiger partial charge in [0.2, 0.25) is 5.88 Å². The number of nitrogens with two attached hydrogens (primary N) is 1. The number of aromatic hydroxyl groups is 1. The number of nitrogens with one attached hydrogen (secondary N) is 1. The minimum absolute atomic E-state index is 0.0584. The summed E-state index contributed by atoms with van der Waals surface area (Å²) >= 11 is 6.04. The van der Waals surface area contributed by atoms with Crippen molar-refractivity contribution in [1.82, 2.24) is 9.97 Å². The Hall–Kier alpha value is -1.85. The fourth-order valence-electron chi connectivity index (χ4n) is 2.01. The van der Waals surface area contributed by atoms with Crippen LogP contribution in [0, 0.1) is 0 Å². The van der Waals surface area contributed by atoms with E-state index >= 15 is 0 Å². The van der Waals surface area contributed by atoms with Gasteiger partial charge in [-0.25, -0.2) is 0 Å². The number of aromatic amines is 1. The number of H-pyrrole nitrogens is 1. The second-order valence-electron chi connectivity index (χ2n) is 4.52. The zero-order chi connectivity index (χ0) is 14.7. The third kappa shape index (κ3) is 2.84. The molecule has 1 atom stereocenters. The van der Waals surface area contributed by atoms with E-state index in [0.29, 0.717) is 17.0 Å². The molecule has 106 valence electrons. The van der Waals surface area contributed by atoms with Crippen molar-refractivity contribution in [2.45, 2.75) is 25.8 Å². The Kier molecular flexibility index (Phi) is 4.42. The van der Waals surface area contributed by atoms with Crippen molar-refractivity contribution in [2.24, 2.45) is 5.73 Å². The maximum absolute atomic E-state index is 12.2. The Morgan fingerprint density at radius 1 is 1.45 bits per heavy atom. The summed E-state index contributed by atoms with van der Waals surface area (Å²) in [6, 6.07) is 6.37. The lowest BCUT2D eigenvalue weighted by Crippen LogP contribution is -2.20. The lowest BCUT2D eigenvalue weighted by atomic mass is 10.1. The molecule has 2 aromatic rings. The SMILES string of the molecule is CCCC(N)c1nc(O)c(-c2ccccc2Cl)c(=O)[nH]1. The molecule has 0 amide bonds. The average molecular weight is 294 g/mol. The van der Waals surface area contributed by atoms with E-state index in [1.165, 1.54) is 0 Å². The van der Waals surface area contributed by atoms with Gasteiger partial charge in [0.05, 0.1) is 6.04 Å². The number of halogens is 1. The summed E-state index contributed by atoms with van der Waals surface area (Å²) < 4.78 is 0. The molecule has 1 unspecified atom stereocenters. The van der Waals surface area contributed by atoms with Crippen molar-refractivity contribution in [2.75, 3.05) is 0 Å². The van der Waals surface area contributed by atoms with Crippen molar-refractivity contribution in [3.63, 3.8) is 0 Å². The van der Waals surface area contributed by atoms with Gasteiger partial charge in [0.25, 0.3) is 5.56 Å². The van der Waals surface area contributed by atoms with E-state index in [1.54, 1.807) is 24.3 Å². The third-order valence-electron chi connectivity index (χ3n) is 3.01. The molecular formula is C14H16ClN3O2. The van der Waals surface area contributed by atoms with E-state index in [1.807, 2.05) is 6.92 Å². The van der Waals surface area contributed by atoms with Crippen molar-refractivity contribution < 1.29 is 5.11 Å². The second kappa shape index (κ2) is 6.07. The van der Waals surface area contributed by atoms with Crippen LogP contribution in [-0.2, 0) is 0 Å².